The molecule has 0 saturated carbocycles. The molecule has 5 rings (SSSR count). The molecule has 0 aliphatic carbocycles. The molecule has 0 saturated heterocycles. The molecule has 0 radical (unpaired) electrons. The summed E-state index contributed by atoms with van der Waals surface area (Å²) in [7, 11) is 0. The van der Waals surface area contributed by atoms with E-state index in [4.69, 9.17) is 4.42 Å². The molecular formula is C22H15FN4O2. The largest absolute Gasteiger partial charge is 0.493 e. The minimum absolute atomic E-state index is 0.0403. The highest BCUT2D eigenvalue weighted by molar-refractivity contribution is 5.77. The van der Waals surface area contributed by atoms with E-state index in [-0.39, 0.29) is 11.4 Å². The van der Waals surface area contributed by atoms with Crippen LogP contribution in [0, 0.1) is 5.95 Å². The molecule has 142 valence electrons. The summed E-state index contributed by atoms with van der Waals surface area (Å²) in [5.41, 5.74) is 2.69. The molecule has 6 nitrogen and oxygen atoms in total. The third-order valence-electron chi connectivity index (χ3n) is 4.66. The van der Waals surface area contributed by atoms with Gasteiger partial charge in [0.15, 0.2) is 5.65 Å². The van der Waals surface area contributed by atoms with Crippen LogP contribution in [-0.2, 0) is 6.42 Å². The van der Waals surface area contributed by atoms with Gasteiger partial charge < -0.3 is 9.52 Å². The molecule has 7 heteroatoms. The fourth-order valence-corrected chi connectivity index (χ4v) is 3.27. The number of benzene rings is 1. The van der Waals surface area contributed by atoms with Crippen molar-refractivity contribution in [3.05, 3.63) is 90.7 Å². The van der Waals surface area contributed by atoms with Gasteiger partial charge in [0.25, 0.3) is 0 Å². The van der Waals surface area contributed by atoms with E-state index in [1.807, 2.05) is 30.3 Å². The Morgan fingerprint density at radius 1 is 1.00 bits per heavy atom. The number of pyridine rings is 1. The van der Waals surface area contributed by atoms with Crippen LogP contribution < -0.4 is 0 Å². The second-order valence-corrected chi connectivity index (χ2v) is 6.51. The molecule has 0 fully saturated rings. The third-order valence-corrected chi connectivity index (χ3v) is 4.66. The lowest BCUT2D eigenvalue weighted by Gasteiger charge is -2.08. The smallest absolute Gasteiger partial charge is 0.222 e. The second kappa shape index (κ2) is 6.87. The van der Waals surface area contributed by atoms with Crippen molar-refractivity contribution in [3.63, 3.8) is 0 Å². The minimum atomic E-state index is -0.651. The normalized spacial score (nSPS) is 11.2. The number of furan rings is 1. The van der Waals surface area contributed by atoms with Gasteiger partial charge in [-0.05, 0) is 24.3 Å². The molecule has 0 atom stereocenters. The maximum absolute atomic E-state index is 14.5. The predicted octanol–water partition coefficient (Wildman–Crippen LogP) is 4.49. The van der Waals surface area contributed by atoms with Gasteiger partial charge in [-0.25, -0.2) is 15.0 Å². The van der Waals surface area contributed by atoms with Crippen LogP contribution in [0.3, 0.4) is 0 Å². The van der Waals surface area contributed by atoms with Crippen LogP contribution in [0.5, 0.6) is 5.88 Å². The van der Waals surface area contributed by atoms with Crippen molar-refractivity contribution in [2.75, 3.05) is 0 Å². The van der Waals surface area contributed by atoms with Crippen LogP contribution in [-0.4, -0.2) is 24.5 Å². The number of imidazole rings is 1. The zero-order valence-electron chi connectivity index (χ0n) is 15.2. The zero-order chi connectivity index (χ0) is 19.8. The standard InChI is InChI=1S/C22H15FN4O2/c23-20-16(9-4-10-24-20)19-21-26-17(12-15-8-5-11-29-15)22(28)27(21)13-18(25-19)14-6-2-1-3-7-14/h1-11,13,28H,12H2. The Morgan fingerprint density at radius 3 is 2.62 bits per heavy atom. The van der Waals surface area contributed by atoms with Crippen molar-refractivity contribution in [3.8, 4) is 28.4 Å². The number of halogens is 1. The van der Waals surface area contributed by atoms with Crippen LogP contribution in [0.25, 0.3) is 28.2 Å². The van der Waals surface area contributed by atoms with E-state index >= 15 is 0 Å². The highest BCUT2D eigenvalue weighted by Crippen LogP contribution is 2.32. The van der Waals surface area contributed by atoms with Crippen LogP contribution in [0.1, 0.15) is 11.5 Å². The highest BCUT2D eigenvalue weighted by Gasteiger charge is 2.21. The molecule has 1 N–H and O–H groups in total. The number of aromatic nitrogens is 4. The van der Waals surface area contributed by atoms with Crippen molar-refractivity contribution < 1.29 is 13.9 Å². The summed E-state index contributed by atoms with van der Waals surface area (Å²) >= 11 is 0. The summed E-state index contributed by atoms with van der Waals surface area (Å²) in [6.45, 7) is 0. The summed E-state index contributed by atoms with van der Waals surface area (Å²) in [6.07, 6.45) is 4.93. The summed E-state index contributed by atoms with van der Waals surface area (Å²) in [6, 6.07) is 16.3. The number of nitrogens with zero attached hydrogens (tertiary/aromatic N) is 4. The summed E-state index contributed by atoms with van der Waals surface area (Å²) in [5.74, 6) is -0.0298. The van der Waals surface area contributed by atoms with E-state index in [0.717, 1.165) is 5.56 Å². The first-order valence-corrected chi connectivity index (χ1v) is 9.00. The van der Waals surface area contributed by atoms with Gasteiger partial charge in [0.1, 0.15) is 17.1 Å². The zero-order valence-corrected chi connectivity index (χ0v) is 15.2. The fourth-order valence-electron chi connectivity index (χ4n) is 3.27. The first-order valence-electron chi connectivity index (χ1n) is 9.00. The molecule has 29 heavy (non-hydrogen) atoms. The van der Waals surface area contributed by atoms with Gasteiger partial charge in [-0.3, -0.25) is 4.40 Å². The number of hydrogen-bond acceptors (Lipinski definition) is 5. The average Bonchev–Trinajstić information content (AvgIpc) is 3.37. The monoisotopic (exact) mass is 386 g/mol. The Morgan fingerprint density at radius 2 is 1.86 bits per heavy atom. The van der Waals surface area contributed by atoms with Gasteiger partial charge in [0.05, 0.1) is 23.9 Å². The number of rotatable bonds is 4. The molecule has 0 bridgehead atoms. The Kier molecular flexibility index (Phi) is 4.05. The lowest BCUT2D eigenvalue weighted by Crippen LogP contribution is -1.98. The molecular weight excluding hydrogens is 371 g/mol. The summed E-state index contributed by atoms with van der Waals surface area (Å²) in [4.78, 5) is 12.9. The van der Waals surface area contributed by atoms with E-state index in [0.29, 0.717) is 34.9 Å². The van der Waals surface area contributed by atoms with Gasteiger partial charge in [-0.1, -0.05) is 30.3 Å². The van der Waals surface area contributed by atoms with Crippen molar-refractivity contribution in [1.82, 2.24) is 19.4 Å². The van der Waals surface area contributed by atoms with Gasteiger partial charge in [0.2, 0.25) is 11.8 Å². The Bertz CT molecular complexity index is 1300. The highest BCUT2D eigenvalue weighted by atomic mass is 19.1. The topological polar surface area (TPSA) is 76.5 Å². The third kappa shape index (κ3) is 3.02. The molecule has 0 spiro atoms. The molecule has 0 amide bonds. The van der Waals surface area contributed by atoms with Crippen LogP contribution >= 0.6 is 0 Å². The maximum atomic E-state index is 14.5. The first kappa shape index (κ1) is 17.1. The molecule has 1 aromatic carbocycles. The number of fused-ring (bicyclic) bond motifs is 1. The van der Waals surface area contributed by atoms with Crippen LogP contribution in [0.2, 0.25) is 0 Å². The van der Waals surface area contributed by atoms with Gasteiger partial charge in [0, 0.05) is 18.0 Å². The Hall–Kier alpha value is -4.00. The lowest BCUT2D eigenvalue weighted by molar-refractivity contribution is 0.438. The van der Waals surface area contributed by atoms with Crippen LogP contribution in [0.15, 0.2) is 77.7 Å². The Labute approximate surface area is 164 Å². The van der Waals surface area contributed by atoms with Gasteiger partial charge in [-0.15, -0.1) is 0 Å². The van der Waals surface area contributed by atoms with Crippen molar-refractivity contribution >= 4 is 5.65 Å². The molecule has 0 aliphatic heterocycles. The quantitative estimate of drug-likeness (QED) is 0.461. The molecule has 5 aromatic rings. The minimum Gasteiger partial charge on any atom is -0.493 e. The number of hydrogen-bond donors (Lipinski definition) is 1. The van der Waals surface area contributed by atoms with E-state index in [1.54, 1.807) is 36.7 Å². The second-order valence-electron chi connectivity index (χ2n) is 6.51. The fraction of sp³-hybridized carbons (Fsp3) is 0.0455. The van der Waals surface area contributed by atoms with E-state index in [1.165, 1.54) is 10.6 Å². The number of aromatic hydroxyl groups is 1. The van der Waals surface area contributed by atoms with E-state index < -0.39 is 5.95 Å². The molecule has 0 unspecified atom stereocenters. The van der Waals surface area contributed by atoms with Gasteiger partial charge in [-0.2, -0.15) is 4.39 Å². The predicted molar refractivity (Wildman–Crippen MR) is 105 cm³/mol. The summed E-state index contributed by atoms with van der Waals surface area (Å²) < 4.78 is 21.4. The van der Waals surface area contributed by atoms with Crippen molar-refractivity contribution in [1.29, 1.82) is 0 Å². The summed E-state index contributed by atoms with van der Waals surface area (Å²) in [5, 5.41) is 10.8. The lowest BCUT2D eigenvalue weighted by atomic mass is 10.1. The Balaban J connectivity index is 1.77. The van der Waals surface area contributed by atoms with Crippen molar-refractivity contribution in [2.24, 2.45) is 0 Å². The van der Waals surface area contributed by atoms with E-state index in [2.05, 4.69) is 15.0 Å². The molecule has 0 aliphatic rings. The SMILES string of the molecule is Oc1c(Cc2ccco2)nc2c(-c3cccnc3F)nc(-c3ccccc3)cn12. The molecule has 4 heterocycles. The maximum Gasteiger partial charge on any atom is 0.222 e. The molecule has 4 aromatic heterocycles. The van der Waals surface area contributed by atoms with Crippen LogP contribution in [0.4, 0.5) is 4.39 Å². The van der Waals surface area contributed by atoms with Gasteiger partial charge >= 0.3 is 0 Å². The van der Waals surface area contributed by atoms with Crippen molar-refractivity contribution in [2.45, 2.75) is 6.42 Å². The average molecular weight is 386 g/mol. The van der Waals surface area contributed by atoms with E-state index in [9.17, 15) is 9.50 Å². The first-order chi connectivity index (χ1) is 14.2.